The van der Waals surface area contributed by atoms with Gasteiger partial charge in [0, 0.05) is 24.6 Å². The molecule has 154 valence electrons. The molecule has 2 atom stereocenters. The van der Waals surface area contributed by atoms with Crippen LogP contribution in [0, 0.1) is 5.82 Å². The molecule has 3 heterocycles. The third-order valence-corrected chi connectivity index (χ3v) is 6.60. The lowest BCUT2D eigenvalue weighted by Gasteiger charge is -2.28. The second-order valence-corrected chi connectivity index (χ2v) is 8.52. The van der Waals surface area contributed by atoms with E-state index in [2.05, 4.69) is 33.3 Å². The van der Waals surface area contributed by atoms with Crippen molar-refractivity contribution in [2.24, 2.45) is 0 Å². The molecule has 6 heteroatoms. The van der Waals surface area contributed by atoms with Crippen molar-refractivity contribution in [1.82, 2.24) is 14.9 Å². The number of anilines is 1. The summed E-state index contributed by atoms with van der Waals surface area (Å²) in [7, 11) is 0. The number of nitrogens with zero attached hydrogens (tertiary/aromatic N) is 3. The minimum absolute atomic E-state index is 0.152. The van der Waals surface area contributed by atoms with Crippen molar-refractivity contribution in [3.05, 3.63) is 84.2 Å². The van der Waals surface area contributed by atoms with E-state index in [9.17, 15) is 4.39 Å². The van der Waals surface area contributed by atoms with E-state index in [0.29, 0.717) is 16.8 Å². The van der Waals surface area contributed by atoms with Crippen LogP contribution in [0.4, 0.5) is 10.1 Å². The Morgan fingerprint density at radius 2 is 1.80 bits per heavy atom. The number of benzene rings is 1. The van der Waals surface area contributed by atoms with E-state index < -0.39 is 0 Å². The number of para-hydroxylation sites is 1. The largest absolute Gasteiger partial charge is 0.351 e. The number of hydrogen-bond donors (Lipinski definition) is 1. The molecule has 1 N–H and O–H groups in total. The van der Waals surface area contributed by atoms with Crippen LogP contribution in [0.1, 0.15) is 61.5 Å². The van der Waals surface area contributed by atoms with Crippen LogP contribution in [0.15, 0.2) is 67.1 Å². The summed E-state index contributed by atoms with van der Waals surface area (Å²) in [6.07, 6.45) is 12.5. The molecule has 2 fully saturated rings. The van der Waals surface area contributed by atoms with Gasteiger partial charge in [0.2, 0.25) is 0 Å². The van der Waals surface area contributed by atoms with Gasteiger partial charge in [-0.2, -0.15) is 0 Å². The summed E-state index contributed by atoms with van der Waals surface area (Å²) in [5.41, 5.74) is 2.50. The molecule has 5 rings (SSSR count). The molecule has 1 saturated heterocycles. The molecular weight excluding hydrogens is 395 g/mol. The maximum absolute atomic E-state index is 14.8. The number of rotatable bonds is 4. The fraction of sp³-hybridized carbons (Fsp3) is 0.333. The third kappa shape index (κ3) is 3.49. The molecule has 1 aromatic carbocycles. The molecule has 2 unspecified atom stereocenters. The van der Waals surface area contributed by atoms with E-state index in [1.165, 1.54) is 38.2 Å². The highest BCUT2D eigenvalue weighted by atomic mass is 32.1. The van der Waals surface area contributed by atoms with Gasteiger partial charge in [-0.25, -0.2) is 4.39 Å². The summed E-state index contributed by atoms with van der Waals surface area (Å²) in [4.78, 5) is 6.48. The van der Waals surface area contributed by atoms with Crippen molar-refractivity contribution >= 4 is 23.0 Å². The highest BCUT2D eigenvalue weighted by molar-refractivity contribution is 7.80. The summed E-state index contributed by atoms with van der Waals surface area (Å²) >= 11 is 5.68. The predicted octanol–water partition coefficient (Wildman–Crippen LogP) is 5.70. The first-order chi connectivity index (χ1) is 14.7. The Labute approximate surface area is 181 Å². The van der Waals surface area contributed by atoms with E-state index in [1.807, 2.05) is 29.2 Å². The molecule has 1 saturated carbocycles. The van der Waals surface area contributed by atoms with Crippen molar-refractivity contribution in [2.45, 2.75) is 50.2 Å². The minimum atomic E-state index is -0.278. The number of aromatic nitrogens is 2. The standard InChI is InChI=1S/C24H25FN4S/c25-19-10-4-5-12-21(19)29-23(22(27-24(29)30)20-11-6-7-14-26-20)17-13-15-28(16-17)18-8-2-1-3-9-18/h4-7,10-16,18,22-23H,1-3,8-9H2,(H,27,30). The van der Waals surface area contributed by atoms with Crippen molar-refractivity contribution in [1.29, 1.82) is 0 Å². The molecule has 0 radical (unpaired) electrons. The van der Waals surface area contributed by atoms with E-state index >= 15 is 0 Å². The van der Waals surface area contributed by atoms with Gasteiger partial charge in [-0.1, -0.05) is 37.5 Å². The number of nitrogens with one attached hydrogen (secondary N) is 1. The second-order valence-electron chi connectivity index (χ2n) is 8.13. The van der Waals surface area contributed by atoms with Crippen LogP contribution in [0.3, 0.4) is 0 Å². The van der Waals surface area contributed by atoms with Crippen LogP contribution in [-0.4, -0.2) is 14.7 Å². The first-order valence-electron chi connectivity index (χ1n) is 10.6. The van der Waals surface area contributed by atoms with Gasteiger partial charge in [-0.05, 0) is 61.0 Å². The van der Waals surface area contributed by atoms with Crippen LogP contribution < -0.4 is 10.2 Å². The monoisotopic (exact) mass is 420 g/mol. The second kappa shape index (κ2) is 8.19. The Morgan fingerprint density at radius 1 is 1.00 bits per heavy atom. The normalized spacial score (nSPS) is 22.3. The summed E-state index contributed by atoms with van der Waals surface area (Å²) in [6, 6.07) is 15.1. The molecule has 0 amide bonds. The summed E-state index contributed by atoms with van der Waals surface area (Å²) < 4.78 is 17.1. The van der Waals surface area contributed by atoms with Crippen LogP contribution in [0.25, 0.3) is 0 Å². The van der Waals surface area contributed by atoms with Gasteiger partial charge >= 0.3 is 0 Å². The van der Waals surface area contributed by atoms with Gasteiger partial charge in [0.15, 0.2) is 5.11 Å². The zero-order valence-electron chi connectivity index (χ0n) is 16.7. The van der Waals surface area contributed by atoms with Gasteiger partial charge in [0.05, 0.1) is 23.5 Å². The molecule has 0 spiro atoms. The van der Waals surface area contributed by atoms with Crippen molar-refractivity contribution < 1.29 is 4.39 Å². The molecule has 4 nitrogen and oxygen atoms in total. The molecule has 1 aliphatic carbocycles. The predicted molar refractivity (Wildman–Crippen MR) is 121 cm³/mol. The first kappa shape index (κ1) is 19.2. The fourth-order valence-electron chi connectivity index (χ4n) is 4.81. The lowest BCUT2D eigenvalue weighted by atomic mass is 9.95. The molecule has 3 aromatic rings. The number of hydrogen-bond acceptors (Lipinski definition) is 2. The quantitative estimate of drug-likeness (QED) is 0.549. The first-order valence-corrected chi connectivity index (χ1v) is 11.1. The maximum Gasteiger partial charge on any atom is 0.174 e. The number of thiocarbonyl (C=S) groups is 1. The summed E-state index contributed by atoms with van der Waals surface area (Å²) in [6.45, 7) is 0. The Bertz CT molecular complexity index is 1030. The SMILES string of the molecule is Fc1ccccc1N1C(=S)NC(c2ccccn2)C1c1ccn(C2CCCCC2)c1. The Kier molecular flexibility index (Phi) is 5.25. The molecule has 2 aromatic heterocycles. The highest BCUT2D eigenvalue weighted by Gasteiger charge is 2.42. The number of halogens is 1. The molecular formula is C24H25FN4S. The maximum atomic E-state index is 14.8. The smallest absolute Gasteiger partial charge is 0.174 e. The van der Waals surface area contributed by atoms with Crippen LogP contribution in [0.5, 0.6) is 0 Å². The number of pyridine rings is 1. The Balaban J connectivity index is 1.57. The minimum Gasteiger partial charge on any atom is -0.351 e. The summed E-state index contributed by atoms with van der Waals surface area (Å²) in [5.74, 6) is -0.278. The molecule has 2 aliphatic rings. The average molecular weight is 421 g/mol. The fourth-order valence-corrected chi connectivity index (χ4v) is 5.15. The zero-order chi connectivity index (χ0) is 20.5. The van der Waals surface area contributed by atoms with Gasteiger partial charge in [-0.3, -0.25) is 4.98 Å². The van der Waals surface area contributed by atoms with Gasteiger partial charge in [-0.15, -0.1) is 0 Å². The summed E-state index contributed by atoms with van der Waals surface area (Å²) in [5, 5.41) is 3.92. The van der Waals surface area contributed by atoms with E-state index in [1.54, 1.807) is 18.3 Å². The van der Waals surface area contributed by atoms with Gasteiger partial charge in [0.1, 0.15) is 5.82 Å². The lowest BCUT2D eigenvalue weighted by molar-refractivity contribution is 0.353. The zero-order valence-corrected chi connectivity index (χ0v) is 17.6. The van der Waals surface area contributed by atoms with Crippen molar-refractivity contribution in [2.75, 3.05) is 4.90 Å². The molecule has 30 heavy (non-hydrogen) atoms. The van der Waals surface area contributed by atoms with Crippen LogP contribution in [0.2, 0.25) is 0 Å². The van der Waals surface area contributed by atoms with E-state index in [4.69, 9.17) is 12.2 Å². The van der Waals surface area contributed by atoms with Crippen molar-refractivity contribution in [3.8, 4) is 0 Å². The highest BCUT2D eigenvalue weighted by Crippen LogP contribution is 2.42. The lowest BCUT2D eigenvalue weighted by Crippen LogP contribution is -2.30. The van der Waals surface area contributed by atoms with Crippen LogP contribution >= 0.6 is 12.2 Å². The van der Waals surface area contributed by atoms with E-state index in [-0.39, 0.29) is 17.9 Å². The van der Waals surface area contributed by atoms with Crippen molar-refractivity contribution in [3.63, 3.8) is 0 Å². The third-order valence-electron chi connectivity index (χ3n) is 6.29. The van der Waals surface area contributed by atoms with E-state index in [0.717, 1.165) is 11.3 Å². The molecule has 0 bridgehead atoms. The van der Waals surface area contributed by atoms with Gasteiger partial charge in [0.25, 0.3) is 0 Å². The Hall–Kier alpha value is -2.73. The molecule has 1 aliphatic heterocycles. The average Bonchev–Trinajstić information content (AvgIpc) is 3.40. The van der Waals surface area contributed by atoms with Gasteiger partial charge < -0.3 is 14.8 Å². The Morgan fingerprint density at radius 3 is 2.57 bits per heavy atom. The topological polar surface area (TPSA) is 33.1 Å². The van der Waals surface area contributed by atoms with Crippen LogP contribution in [-0.2, 0) is 0 Å².